The zero-order valence-corrected chi connectivity index (χ0v) is 20.0. The van der Waals surface area contributed by atoms with Crippen molar-refractivity contribution in [2.45, 2.75) is 17.8 Å². The van der Waals surface area contributed by atoms with Crippen LogP contribution in [0.5, 0.6) is 0 Å². The van der Waals surface area contributed by atoms with Crippen LogP contribution >= 0.6 is 35.3 Å². The molecule has 6 aromatic rings. The summed E-state index contributed by atoms with van der Waals surface area (Å²) in [7, 11) is 0. The summed E-state index contributed by atoms with van der Waals surface area (Å²) in [6.07, 6.45) is 0. The number of thiazole rings is 1. The average molecular weight is 490 g/mol. The van der Waals surface area contributed by atoms with E-state index in [9.17, 15) is 4.39 Å². The zero-order valence-electron chi connectivity index (χ0n) is 17.6. The Kier molecular flexibility index (Phi) is 5.01. The predicted octanol–water partition coefficient (Wildman–Crippen LogP) is 6.78. The van der Waals surface area contributed by atoms with Crippen LogP contribution in [0.4, 0.5) is 4.39 Å². The maximum atomic E-state index is 13.7. The molecule has 1 N–H and O–H groups in total. The van der Waals surface area contributed by atoms with Crippen molar-refractivity contribution in [3.8, 4) is 5.69 Å². The molecule has 33 heavy (non-hydrogen) atoms. The van der Waals surface area contributed by atoms with Crippen LogP contribution in [0.3, 0.4) is 0 Å². The third-order valence-corrected chi connectivity index (χ3v) is 8.01. The predicted molar refractivity (Wildman–Crippen MR) is 135 cm³/mol. The van der Waals surface area contributed by atoms with Gasteiger partial charge in [-0.3, -0.25) is 9.55 Å². The van der Waals surface area contributed by atoms with Gasteiger partial charge in [0, 0.05) is 5.75 Å². The van der Waals surface area contributed by atoms with Crippen LogP contribution in [0.15, 0.2) is 78.0 Å². The number of H-pyrrole nitrogens is 1. The minimum Gasteiger partial charge on any atom is -0.268 e. The lowest BCUT2D eigenvalue weighted by molar-refractivity contribution is -0.530. The van der Waals surface area contributed by atoms with Crippen molar-refractivity contribution in [3.05, 3.63) is 93.7 Å². The first-order chi connectivity index (χ1) is 16.1. The van der Waals surface area contributed by atoms with E-state index in [0.717, 1.165) is 53.0 Å². The van der Waals surface area contributed by atoms with Crippen molar-refractivity contribution >= 4 is 62.3 Å². The van der Waals surface area contributed by atoms with E-state index in [2.05, 4.69) is 45.1 Å². The first kappa shape index (κ1) is 20.5. The summed E-state index contributed by atoms with van der Waals surface area (Å²) in [5.41, 5.74) is 6.94. The lowest BCUT2D eigenvalue weighted by atomic mass is 10.2. The molecular weight excluding hydrogens is 472 g/mol. The molecule has 6 rings (SSSR count). The van der Waals surface area contributed by atoms with Crippen molar-refractivity contribution < 1.29 is 8.79 Å². The standard InChI is InChI=1S/C25H17FN4S3/c1-15-7-2-4-11-19(15)30-23-21(33-25(30)31)22-27-18-10-3-5-12-20(18)29(22)24(28-23)32-14-16-8-6-9-17(26)13-16/h2-13H,14H2,1H3/p+1. The second kappa shape index (κ2) is 8.06. The van der Waals surface area contributed by atoms with E-state index in [1.54, 1.807) is 35.2 Å². The highest BCUT2D eigenvalue weighted by atomic mass is 32.2. The van der Waals surface area contributed by atoms with E-state index in [4.69, 9.17) is 17.2 Å². The fraction of sp³-hybridized carbons (Fsp3) is 0.0800. The maximum Gasteiger partial charge on any atom is 0.306 e. The number of thioether (sulfide) groups is 1. The third kappa shape index (κ3) is 3.45. The Morgan fingerprint density at radius 1 is 1.09 bits per heavy atom. The number of para-hydroxylation sites is 3. The van der Waals surface area contributed by atoms with Crippen LogP contribution in [0, 0.1) is 16.7 Å². The van der Waals surface area contributed by atoms with Gasteiger partial charge in [-0.2, -0.15) is 4.40 Å². The molecule has 0 aliphatic rings. The lowest BCUT2D eigenvalue weighted by Gasteiger charge is -2.07. The number of aromatic nitrogens is 4. The van der Waals surface area contributed by atoms with E-state index in [1.165, 1.54) is 6.07 Å². The van der Waals surface area contributed by atoms with E-state index in [1.807, 2.05) is 30.3 Å². The topological polar surface area (TPSA) is 37.7 Å². The van der Waals surface area contributed by atoms with Gasteiger partial charge in [0.2, 0.25) is 5.65 Å². The van der Waals surface area contributed by atoms with Crippen LogP contribution in [0.25, 0.3) is 32.7 Å². The molecule has 0 spiro atoms. The van der Waals surface area contributed by atoms with Gasteiger partial charge in [-0.05, 0) is 72.4 Å². The molecule has 0 aliphatic heterocycles. The summed E-state index contributed by atoms with van der Waals surface area (Å²) in [5.74, 6) is 0.375. The smallest absolute Gasteiger partial charge is 0.268 e. The summed E-state index contributed by atoms with van der Waals surface area (Å²) < 4.78 is 19.7. The molecule has 3 aromatic heterocycles. The second-order valence-electron chi connectivity index (χ2n) is 7.78. The fourth-order valence-electron chi connectivity index (χ4n) is 4.10. The van der Waals surface area contributed by atoms with Gasteiger partial charge >= 0.3 is 5.16 Å². The van der Waals surface area contributed by atoms with Crippen LogP contribution in [0.1, 0.15) is 11.1 Å². The molecule has 162 valence electrons. The number of aryl methyl sites for hydroxylation is 1. The van der Waals surface area contributed by atoms with Crippen molar-refractivity contribution in [3.63, 3.8) is 0 Å². The molecular formula is C25H18FN4S3+. The van der Waals surface area contributed by atoms with Gasteiger partial charge < -0.3 is 0 Å². The minimum absolute atomic E-state index is 0.229. The Morgan fingerprint density at radius 3 is 2.76 bits per heavy atom. The largest absolute Gasteiger partial charge is 0.306 e. The van der Waals surface area contributed by atoms with Gasteiger partial charge in [-0.1, -0.05) is 58.8 Å². The summed E-state index contributed by atoms with van der Waals surface area (Å²) in [6, 6.07) is 23.1. The van der Waals surface area contributed by atoms with E-state index in [0.29, 0.717) is 5.75 Å². The number of hydrogen-bond donors (Lipinski definition) is 1. The number of aromatic amines is 1. The number of nitrogens with one attached hydrogen (secondary N) is 1. The number of halogens is 1. The molecule has 0 aliphatic carbocycles. The SMILES string of the molecule is Cc1ccccc1-n1c(=S)sc2c1nc(SCc1cccc(F)c1)[n+]1c3ccccc3[nH]c21. The van der Waals surface area contributed by atoms with E-state index in [-0.39, 0.29) is 5.82 Å². The highest BCUT2D eigenvalue weighted by Gasteiger charge is 2.25. The third-order valence-electron chi connectivity index (χ3n) is 5.63. The van der Waals surface area contributed by atoms with E-state index < -0.39 is 0 Å². The maximum absolute atomic E-state index is 13.7. The van der Waals surface area contributed by atoms with Crippen LogP contribution in [-0.2, 0) is 5.75 Å². The van der Waals surface area contributed by atoms with Gasteiger partial charge in [0.25, 0.3) is 5.65 Å². The molecule has 0 radical (unpaired) electrons. The Labute approximate surface area is 202 Å². The lowest BCUT2D eigenvalue weighted by Crippen LogP contribution is -2.25. The Hall–Kier alpha value is -3.07. The van der Waals surface area contributed by atoms with Gasteiger partial charge in [0.15, 0.2) is 8.65 Å². The fourth-order valence-corrected chi connectivity index (χ4v) is 6.39. The summed E-state index contributed by atoms with van der Waals surface area (Å²) in [5, 5.41) is 0.828. The molecule has 0 unspecified atom stereocenters. The molecule has 0 saturated heterocycles. The minimum atomic E-state index is -0.229. The summed E-state index contributed by atoms with van der Waals surface area (Å²) in [6.45, 7) is 2.08. The van der Waals surface area contributed by atoms with Gasteiger partial charge in [0.1, 0.15) is 16.9 Å². The van der Waals surface area contributed by atoms with Crippen molar-refractivity contribution in [2.24, 2.45) is 0 Å². The molecule has 3 heterocycles. The number of benzene rings is 3. The molecule has 0 fully saturated rings. The number of imidazole rings is 1. The van der Waals surface area contributed by atoms with Crippen molar-refractivity contribution in [1.82, 2.24) is 14.5 Å². The summed E-state index contributed by atoms with van der Waals surface area (Å²) >= 11 is 8.95. The van der Waals surface area contributed by atoms with Gasteiger partial charge in [-0.25, -0.2) is 4.39 Å². The molecule has 0 atom stereocenters. The highest BCUT2D eigenvalue weighted by molar-refractivity contribution is 7.98. The Bertz CT molecular complexity index is 1730. The zero-order chi connectivity index (χ0) is 22.5. The van der Waals surface area contributed by atoms with Crippen LogP contribution in [0.2, 0.25) is 0 Å². The Morgan fingerprint density at radius 2 is 1.91 bits per heavy atom. The Balaban J connectivity index is 1.63. The normalized spacial score (nSPS) is 11.7. The molecule has 8 heteroatoms. The number of fused-ring (bicyclic) bond motifs is 5. The second-order valence-corrected chi connectivity index (χ2v) is 10.4. The summed E-state index contributed by atoms with van der Waals surface area (Å²) in [4.78, 5) is 8.70. The van der Waals surface area contributed by atoms with Gasteiger partial charge in [-0.15, -0.1) is 0 Å². The molecule has 0 amide bonds. The molecule has 0 saturated carbocycles. The first-order valence-corrected chi connectivity index (χ1v) is 12.6. The van der Waals surface area contributed by atoms with Crippen molar-refractivity contribution in [2.75, 3.05) is 0 Å². The number of hydrogen-bond acceptors (Lipinski definition) is 4. The van der Waals surface area contributed by atoms with Crippen LogP contribution < -0.4 is 4.40 Å². The monoisotopic (exact) mass is 489 g/mol. The number of rotatable bonds is 4. The molecule has 4 nitrogen and oxygen atoms in total. The first-order valence-electron chi connectivity index (χ1n) is 10.4. The average Bonchev–Trinajstić information content (AvgIpc) is 3.36. The van der Waals surface area contributed by atoms with Crippen LogP contribution in [-0.4, -0.2) is 14.5 Å². The number of nitrogens with zero attached hydrogens (tertiary/aromatic N) is 3. The van der Waals surface area contributed by atoms with Crippen molar-refractivity contribution in [1.29, 1.82) is 0 Å². The van der Waals surface area contributed by atoms with E-state index >= 15 is 0 Å². The highest BCUT2D eigenvalue weighted by Crippen LogP contribution is 2.32. The molecule has 0 bridgehead atoms. The quantitative estimate of drug-likeness (QED) is 0.128. The molecule has 3 aromatic carbocycles. The van der Waals surface area contributed by atoms with Gasteiger partial charge in [0.05, 0.1) is 5.69 Å².